The third-order valence-electron chi connectivity index (χ3n) is 5.04. The van der Waals surface area contributed by atoms with Crippen molar-refractivity contribution in [3.8, 4) is 0 Å². The van der Waals surface area contributed by atoms with Crippen LogP contribution in [0.1, 0.15) is 72.1 Å². The molecule has 0 aliphatic rings. The zero-order chi connectivity index (χ0) is 26.4. The van der Waals surface area contributed by atoms with Gasteiger partial charge in [0.25, 0.3) is 6.47 Å². The summed E-state index contributed by atoms with van der Waals surface area (Å²) in [5, 5.41) is 0. The number of esters is 3. The fourth-order valence-corrected chi connectivity index (χ4v) is 2.88. The molecule has 0 aromatic carbocycles. The second-order valence-electron chi connectivity index (χ2n) is 7.65. The number of ether oxygens (including phenoxy) is 4. The largest absolute Gasteiger partial charge is 0.465 e. The summed E-state index contributed by atoms with van der Waals surface area (Å²) < 4.78 is 20.4. The van der Waals surface area contributed by atoms with Crippen molar-refractivity contribution < 1.29 is 38.1 Å². The van der Waals surface area contributed by atoms with Crippen LogP contribution in [0.2, 0.25) is 0 Å². The molecule has 196 valence electrons. The fourth-order valence-electron chi connectivity index (χ4n) is 2.88. The van der Waals surface area contributed by atoms with Crippen LogP contribution >= 0.6 is 0 Å². The molecule has 0 aliphatic heterocycles. The highest BCUT2D eigenvalue weighted by atomic mass is 16.6. The zero-order valence-corrected chi connectivity index (χ0v) is 21.2. The summed E-state index contributed by atoms with van der Waals surface area (Å²) in [6, 6.07) is 0. The Hall–Kier alpha value is -3.16. The van der Waals surface area contributed by atoms with E-state index in [1.807, 2.05) is 32.1 Å². The second kappa shape index (κ2) is 20.2. The first-order valence-corrected chi connectivity index (χ1v) is 12.2. The number of rotatable bonds is 20. The van der Waals surface area contributed by atoms with Crippen LogP contribution in [0.15, 0.2) is 49.3 Å². The highest BCUT2D eigenvalue weighted by molar-refractivity contribution is 5.94. The van der Waals surface area contributed by atoms with Crippen molar-refractivity contribution in [2.75, 3.05) is 13.2 Å². The van der Waals surface area contributed by atoms with Gasteiger partial charge >= 0.3 is 17.9 Å². The van der Waals surface area contributed by atoms with Crippen molar-refractivity contribution in [3.63, 3.8) is 0 Å². The minimum absolute atomic E-state index is 0.100. The van der Waals surface area contributed by atoms with Crippen LogP contribution in [0.5, 0.6) is 0 Å². The molecule has 0 bridgehead atoms. The average Bonchev–Trinajstić information content (AvgIpc) is 2.86. The van der Waals surface area contributed by atoms with E-state index in [1.54, 1.807) is 19.1 Å². The molecule has 2 atom stereocenters. The van der Waals surface area contributed by atoms with E-state index in [1.165, 1.54) is 12.3 Å². The zero-order valence-electron chi connectivity index (χ0n) is 21.2. The van der Waals surface area contributed by atoms with Gasteiger partial charge in [-0.15, -0.1) is 0 Å². The summed E-state index contributed by atoms with van der Waals surface area (Å²) in [6.07, 6.45) is 16.2. The summed E-state index contributed by atoms with van der Waals surface area (Å²) in [6.45, 7) is 9.71. The van der Waals surface area contributed by atoms with E-state index in [2.05, 4.69) is 6.58 Å². The first-order valence-electron chi connectivity index (χ1n) is 12.2. The van der Waals surface area contributed by atoms with Crippen LogP contribution in [0.25, 0.3) is 0 Å². The molecule has 8 heteroatoms. The molecule has 0 aromatic heterocycles. The molecule has 0 N–H and O–H groups in total. The summed E-state index contributed by atoms with van der Waals surface area (Å²) in [5.74, 6) is -3.04. The van der Waals surface area contributed by atoms with Crippen molar-refractivity contribution in [2.24, 2.45) is 5.92 Å². The van der Waals surface area contributed by atoms with E-state index in [0.29, 0.717) is 19.3 Å². The van der Waals surface area contributed by atoms with E-state index in [4.69, 9.17) is 18.9 Å². The molecule has 0 aliphatic carbocycles. The van der Waals surface area contributed by atoms with Gasteiger partial charge in [0.1, 0.15) is 6.61 Å². The lowest BCUT2D eigenvalue weighted by Gasteiger charge is -2.23. The quantitative estimate of drug-likeness (QED) is 0.0438. The maximum atomic E-state index is 12.5. The molecule has 0 rings (SSSR count). The molecular formula is C27H40O8. The van der Waals surface area contributed by atoms with Gasteiger partial charge in [0.05, 0.1) is 12.9 Å². The Bertz CT molecular complexity index is 737. The molecule has 35 heavy (non-hydrogen) atoms. The van der Waals surface area contributed by atoms with E-state index >= 15 is 0 Å². The molecule has 8 nitrogen and oxygen atoms in total. The lowest BCUT2D eigenvalue weighted by Crippen LogP contribution is -2.39. The monoisotopic (exact) mass is 492 g/mol. The van der Waals surface area contributed by atoms with Gasteiger partial charge in [-0.2, -0.15) is 0 Å². The Morgan fingerprint density at radius 2 is 1.63 bits per heavy atom. The highest BCUT2D eigenvalue weighted by Crippen LogP contribution is 2.19. The molecule has 0 fully saturated rings. The third kappa shape index (κ3) is 13.3. The number of allylic oxidation sites excluding steroid dienone is 3. The molecule has 0 heterocycles. The standard InChI is InChI=1S/C27H40O8/c1-5-9-11-15-19-32-24(29)23(25(30)33-20-16-12-10-6-2)18-14-13-17-21-34-26(31)27(7-3,8-4)35-22-28/h7,9,11-12,16-17,21-23H,3,5-6,8,10,13-15,18-20H2,1-2,4H3. The van der Waals surface area contributed by atoms with Crippen LogP contribution in [0, 0.1) is 5.92 Å². The average molecular weight is 493 g/mol. The van der Waals surface area contributed by atoms with Crippen molar-refractivity contribution in [2.45, 2.75) is 77.7 Å². The Kier molecular flexibility index (Phi) is 18.4. The summed E-state index contributed by atoms with van der Waals surface area (Å²) in [7, 11) is 0. The number of unbranched alkanes of at least 4 members (excludes halogenated alkanes) is 2. The number of carbonyl (C=O) groups excluding carboxylic acids is 4. The molecule has 0 saturated heterocycles. The second-order valence-corrected chi connectivity index (χ2v) is 7.65. The summed E-state index contributed by atoms with van der Waals surface area (Å²) in [4.78, 5) is 47.9. The molecule has 0 spiro atoms. The molecule has 0 radical (unpaired) electrons. The van der Waals surface area contributed by atoms with E-state index in [0.717, 1.165) is 19.3 Å². The van der Waals surface area contributed by atoms with Gasteiger partial charge in [-0.1, -0.05) is 58.1 Å². The van der Waals surface area contributed by atoms with Crippen LogP contribution in [0.3, 0.4) is 0 Å². The van der Waals surface area contributed by atoms with Gasteiger partial charge in [-0.25, -0.2) is 4.79 Å². The molecular weight excluding hydrogens is 452 g/mol. The SMILES string of the molecule is C=CC(CC)(OC=O)C(=O)OC=CCCCC(C(=O)OCC=CCCC)C(=O)OCCC=CCC. The molecule has 0 amide bonds. The maximum absolute atomic E-state index is 12.5. The minimum atomic E-state index is -1.54. The van der Waals surface area contributed by atoms with Crippen LogP contribution in [0.4, 0.5) is 0 Å². The van der Waals surface area contributed by atoms with Gasteiger partial charge < -0.3 is 18.9 Å². The van der Waals surface area contributed by atoms with Gasteiger partial charge in [0, 0.05) is 0 Å². The van der Waals surface area contributed by atoms with E-state index < -0.39 is 29.4 Å². The van der Waals surface area contributed by atoms with Crippen molar-refractivity contribution >= 4 is 24.4 Å². The van der Waals surface area contributed by atoms with E-state index in [9.17, 15) is 19.2 Å². The van der Waals surface area contributed by atoms with E-state index in [-0.39, 0.29) is 32.5 Å². The van der Waals surface area contributed by atoms with Crippen molar-refractivity contribution in [3.05, 3.63) is 49.3 Å². The Morgan fingerprint density at radius 1 is 0.914 bits per heavy atom. The highest BCUT2D eigenvalue weighted by Gasteiger charge is 2.37. The number of hydrogen-bond acceptors (Lipinski definition) is 8. The van der Waals surface area contributed by atoms with Gasteiger partial charge in [0.2, 0.25) is 5.60 Å². The Labute approximate surface area is 209 Å². The first-order chi connectivity index (χ1) is 16.9. The fraction of sp³-hybridized carbons (Fsp3) is 0.556. The lowest BCUT2D eigenvalue weighted by atomic mass is 10.0. The van der Waals surface area contributed by atoms with Gasteiger partial charge in [-0.05, 0) is 57.1 Å². The number of hydrogen-bond donors (Lipinski definition) is 0. The van der Waals surface area contributed by atoms with Gasteiger partial charge in [-0.3, -0.25) is 14.4 Å². The number of carbonyl (C=O) groups is 4. The van der Waals surface area contributed by atoms with Crippen LogP contribution < -0.4 is 0 Å². The first kappa shape index (κ1) is 31.8. The molecule has 0 aromatic rings. The van der Waals surface area contributed by atoms with Crippen molar-refractivity contribution in [1.29, 1.82) is 0 Å². The van der Waals surface area contributed by atoms with Gasteiger partial charge in [0.15, 0.2) is 5.92 Å². The maximum Gasteiger partial charge on any atom is 0.359 e. The smallest absolute Gasteiger partial charge is 0.359 e. The Balaban J connectivity index is 4.83. The predicted molar refractivity (Wildman–Crippen MR) is 133 cm³/mol. The summed E-state index contributed by atoms with van der Waals surface area (Å²) in [5.41, 5.74) is -1.54. The van der Waals surface area contributed by atoms with Crippen LogP contribution in [-0.4, -0.2) is 43.2 Å². The summed E-state index contributed by atoms with van der Waals surface area (Å²) >= 11 is 0. The minimum Gasteiger partial charge on any atom is -0.465 e. The van der Waals surface area contributed by atoms with Crippen LogP contribution in [-0.2, 0) is 38.1 Å². The lowest BCUT2D eigenvalue weighted by molar-refractivity contribution is -0.165. The van der Waals surface area contributed by atoms with Crippen molar-refractivity contribution in [1.82, 2.24) is 0 Å². The molecule has 0 saturated carbocycles. The normalized spacial score (nSPS) is 13.9. The Morgan fingerprint density at radius 3 is 2.26 bits per heavy atom. The third-order valence-corrected chi connectivity index (χ3v) is 5.04. The molecule has 2 unspecified atom stereocenters. The predicted octanol–water partition coefficient (Wildman–Crippen LogP) is 5.14. The topological polar surface area (TPSA) is 105 Å².